The molecule has 4 nitrogen and oxygen atoms in total. The van der Waals surface area contributed by atoms with Crippen molar-refractivity contribution in [3.63, 3.8) is 0 Å². The third-order valence-corrected chi connectivity index (χ3v) is 2.84. The fourth-order valence-electron chi connectivity index (χ4n) is 1.66. The van der Waals surface area contributed by atoms with E-state index in [1.165, 1.54) is 0 Å². The van der Waals surface area contributed by atoms with Crippen LogP contribution in [0.3, 0.4) is 0 Å². The van der Waals surface area contributed by atoms with Crippen LogP contribution < -0.4 is 10.5 Å². The molecular formula is C15H23NO3S. The Morgan fingerprint density at radius 3 is 2.55 bits per heavy atom. The normalized spacial score (nSPS) is 10.8. The first-order chi connectivity index (χ1) is 9.54. The third-order valence-electron chi connectivity index (χ3n) is 2.62. The van der Waals surface area contributed by atoms with Crippen LogP contribution in [0, 0.1) is 5.92 Å². The molecule has 0 aliphatic rings. The molecule has 1 rings (SSSR count). The molecule has 0 aliphatic heterocycles. The number of ether oxygens (including phenoxy) is 3. The maximum atomic E-state index is 5.67. The number of rotatable bonds is 9. The molecule has 1 aromatic carbocycles. The van der Waals surface area contributed by atoms with Gasteiger partial charge in [-0.2, -0.15) is 0 Å². The molecule has 0 aromatic heterocycles. The van der Waals surface area contributed by atoms with E-state index in [1.807, 2.05) is 18.2 Å². The van der Waals surface area contributed by atoms with Gasteiger partial charge < -0.3 is 19.9 Å². The van der Waals surface area contributed by atoms with E-state index in [2.05, 4.69) is 13.8 Å². The molecule has 0 fully saturated rings. The average molecular weight is 297 g/mol. The summed E-state index contributed by atoms with van der Waals surface area (Å²) in [6.07, 6.45) is 0. The van der Waals surface area contributed by atoms with Gasteiger partial charge >= 0.3 is 0 Å². The minimum Gasteiger partial charge on any atom is -0.496 e. The molecule has 0 saturated heterocycles. The van der Waals surface area contributed by atoms with Gasteiger partial charge in [-0.25, -0.2) is 0 Å². The summed E-state index contributed by atoms with van der Waals surface area (Å²) in [5.74, 6) is 1.23. The van der Waals surface area contributed by atoms with E-state index in [9.17, 15) is 0 Å². The highest BCUT2D eigenvalue weighted by molar-refractivity contribution is 7.80. The number of hydrogen-bond donors (Lipinski definition) is 1. The summed E-state index contributed by atoms with van der Waals surface area (Å²) in [4.78, 5) is 0.323. The van der Waals surface area contributed by atoms with Gasteiger partial charge in [-0.15, -0.1) is 0 Å². The lowest BCUT2D eigenvalue weighted by Gasteiger charge is -2.10. The van der Waals surface area contributed by atoms with Crippen molar-refractivity contribution in [2.24, 2.45) is 11.7 Å². The van der Waals surface area contributed by atoms with Gasteiger partial charge in [-0.05, 0) is 23.6 Å². The maximum absolute atomic E-state index is 5.67. The molecule has 0 saturated carbocycles. The Morgan fingerprint density at radius 1 is 1.25 bits per heavy atom. The molecule has 2 N–H and O–H groups in total. The Labute approximate surface area is 126 Å². The standard InChI is InChI=1S/C15H23NO3S/c1-11(2)9-18-6-7-19-10-12-4-5-14(17-3)13(8-12)15(16)20/h4-5,8,11H,6-7,9-10H2,1-3H3,(H2,16,20). The molecule has 0 amide bonds. The van der Waals surface area contributed by atoms with Crippen LogP contribution in [0.5, 0.6) is 5.75 Å². The van der Waals surface area contributed by atoms with Crippen LogP contribution in [-0.4, -0.2) is 31.9 Å². The molecular weight excluding hydrogens is 274 g/mol. The fraction of sp³-hybridized carbons (Fsp3) is 0.533. The number of benzene rings is 1. The lowest BCUT2D eigenvalue weighted by atomic mass is 10.1. The van der Waals surface area contributed by atoms with Crippen LogP contribution in [0.25, 0.3) is 0 Å². The largest absolute Gasteiger partial charge is 0.496 e. The molecule has 112 valence electrons. The summed E-state index contributed by atoms with van der Waals surface area (Å²) >= 11 is 5.01. The molecule has 0 radical (unpaired) electrons. The Bertz CT molecular complexity index is 435. The van der Waals surface area contributed by atoms with Crippen LogP contribution in [0.1, 0.15) is 25.0 Å². The maximum Gasteiger partial charge on any atom is 0.129 e. The molecule has 0 aliphatic carbocycles. The van der Waals surface area contributed by atoms with E-state index in [0.29, 0.717) is 36.5 Å². The van der Waals surface area contributed by atoms with Gasteiger partial charge in [0, 0.05) is 6.61 Å². The predicted octanol–water partition coefficient (Wildman–Crippen LogP) is 2.52. The minimum atomic E-state index is 0.323. The quantitative estimate of drug-likeness (QED) is 0.561. The number of hydrogen-bond acceptors (Lipinski definition) is 4. The summed E-state index contributed by atoms with van der Waals surface area (Å²) < 4.78 is 16.2. The van der Waals surface area contributed by atoms with Crippen molar-refractivity contribution >= 4 is 17.2 Å². The van der Waals surface area contributed by atoms with Crippen molar-refractivity contribution in [2.45, 2.75) is 20.5 Å². The van der Waals surface area contributed by atoms with Crippen LogP contribution in [0.15, 0.2) is 18.2 Å². The van der Waals surface area contributed by atoms with Gasteiger partial charge in [0.25, 0.3) is 0 Å². The third kappa shape index (κ3) is 5.86. The van der Waals surface area contributed by atoms with Gasteiger partial charge in [0.2, 0.25) is 0 Å². The van der Waals surface area contributed by atoms with Gasteiger partial charge in [0.1, 0.15) is 10.7 Å². The van der Waals surface area contributed by atoms with Gasteiger partial charge in [0.15, 0.2) is 0 Å². The van der Waals surface area contributed by atoms with Crippen LogP contribution in [0.2, 0.25) is 0 Å². The second-order valence-electron chi connectivity index (χ2n) is 4.92. The minimum absolute atomic E-state index is 0.323. The second kappa shape index (κ2) is 8.89. The Balaban J connectivity index is 2.41. The SMILES string of the molecule is COc1ccc(COCCOCC(C)C)cc1C(N)=S. The van der Waals surface area contributed by atoms with E-state index < -0.39 is 0 Å². The topological polar surface area (TPSA) is 53.7 Å². The molecule has 0 spiro atoms. The first-order valence-electron chi connectivity index (χ1n) is 6.66. The zero-order valence-electron chi connectivity index (χ0n) is 12.3. The highest BCUT2D eigenvalue weighted by Gasteiger charge is 2.07. The first-order valence-corrected chi connectivity index (χ1v) is 7.07. The lowest BCUT2D eigenvalue weighted by Crippen LogP contribution is -2.12. The zero-order chi connectivity index (χ0) is 15.0. The van der Waals surface area contributed by atoms with E-state index in [4.69, 9.17) is 32.2 Å². The van der Waals surface area contributed by atoms with Gasteiger partial charge in [0.05, 0.1) is 32.5 Å². The van der Waals surface area contributed by atoms with Gasteiger partial charge in [-0.1, -0.05) is 32.1 Å². The van der Waals surface area contributed by atoms with Crippen molar-refractivity contribution in [3.05, 3.63) is 29.3 Å². The Hall–Kier alpha value is -1.17. The predicted molar refractivity (Wildman–Crippen MR) is 84.2 cm³/mol. The average Bonchev–Trinajstić information content (AvgIpc) is 2.42. The van der Waals surface area contributed by atoms with Crippen molar-refractivity contribution in [2.75, 3.05) is 26.9 Å². The summed E-state index contributed by atoms with van der Waals surface area (Å²) in [6, 6.07) is 5.69. The highest BCUT2D eigenvalue weighted by atomic mass is 32.1. The number of methoxy groups -OCH3 is 1. The molecule has 20 heavy (non-hydrogen) atoms. The molecule has 1 aromatic rings. The van der Waals surface area contributed by atoms with Crippen LogP contribution in [-0.2, 0) is 16.1 Å². The first kappa shape index (κ1) is 16.9. The summed E-state index contributed by atoms with van der Waals surface area (Å²) in [5.41, 5.74) is 7.42. The van der Waals surface area contributed by atoms with Crippen LogP contribution in [0.4, 0.5) is 0 Å². The molecule has 5 heteroatoms. The Morgan fingerprint density at radius 2 is 1.95 bits per heavy atom. The summed E-state index contributed by atoms with van der Waals surface area (Å²) in [5, 5.41) is 0. The summed E-state index contributed by atoms with van der Waals surface area (Å²) in [6.45, 7) is 6.69. The van der Waals surface area contributed by atoms with E-state index >= 15 is 0 Å². The highest BCUT2D eigenvalue weighted by Crippen LogP contribution is 2.20. The van der Waals surface area contributed by atoms with E-state index in [1.54, 1.807) is 7.11 Å². The molecule has 0 heterocycles. The smallest absolute Gasteiger partial charge is 0.129 e. The van der Waals surface area contributed by atoms with Crippen molar-refractivity contribution < 1.29 is 14.2 Å². The molecule has 0 unspecified atom stereocenters. The number of nitrogens with two attached hydrogens (primary N) is 1. The molecule has 0 atom stereocenters. The Kier molecular flexibility index (Phi) is 7.51. The zero-order valence-corrected chi connectivity index (χ0v) is 13.2. The lowest BCUT2D eigenvalue weighted by molar-refractivity contribution is 0.0314. The van der Waals surface area contributed by atoms with E-state index in [-0.39, 0.29) is 0 Å². The van der Waals surface area contributed by atoms with Crippen LogP contribution >= 0.6 is 12.2 Å². The monoisotopic (exact) mass is 297 g/mol. The molecule has 0 bridgehead atoms. The van der Waals surface area contributed by atoms with Crippen molar-refractivity contribution in [3.8, 4) is 5.75 Å². The van der Waals surface area contributed by atoms with E-state index in [0.717, 1.165) is 17.7 Å². The number of thiocarbonyl (C=S) groups is 1. The van der Waals surface area contributed by atoms with Gasteiger partial charge in [-0.3, -0.25) is 0 Å². The summed E-state index contributed by atoms with van der Waals surface area (Å²) in [7, 11) is 1.60. The van der Waals surface area contributed by atoms with Crippen molar-refractivity contribution in [1.82, 2.24) is 0 Å². The van der Waals surface area contributed by atoms with Crippen molar-refractivity contribution in [1.29, 1.82) is 0 Å². The second-order valence-corrected chi connectivity index (χ2v) is 5.36. The fourth-order valence-corrected chi connectivity index (χ4v) is 1.82.